The summed E-state index contributed by atoms with van der Waals surface area (Å²) in [5, 5.41) is 3.50. The molecule has 1 aliphatic heterocycles. The van der Waals surface area contributed by atoms with E-state index in [1.807, 2.05) is 6.08 Å². The van der Waals surface area contributed by atoms with Crippen LogP contribution in [0.25, 0.3) is 0 Å². The van der Waals surface area contributed by atoms with Gasteiger partial charge < -0.3 is 5.32 Å². The van der Waals surface area contributed by atoms with Crippen molar-refractivity contribution in [3.63, 3.8) is 0 Å². The maximum absolute atomic E-state index is 3.77. The van der Waals surface area contributed by atoms with Crippen LogP contribution in [0.5, 0.6) is 0 Å². The van der Waals surface area contributed by atoms with E-state index in [-0.39, 0.29) is 0 Å². The highest BCUT2D eigenvalue weighted by Gasteiger charge is 2.10. The van der Waals surface area contributed by atoms with Crippen molar-refractivity contribution in [2.45, 2.75) is 25.8 Å². The second-order valence-electron chi connectivity index (χ2n) is 3.61. The molecule has 1 N–H and O–H groups in total. The topological polar surface area (TPSA) is 15.3 Å². The molecule has 1 rings (SSSR count). The average Bonchev–Trinajstić information content (AvgIpc) is 2.00. The van der Waals surface area contributed by atoms with Gasteiger partial charge in [0.25, 0.3) is 0 Å². The van der Waals surface area contributed by atoms with Gasteiger partial charge in [-0.05, 0) is 32.9 Å². The fourth-order valence-corrected chi connectivity index (χ4v) is 1.70. The Hall–Kier alpha value is -0.340. The quantitative estimate of drug-likeness (QED) is 0.624. The van der Waals surface area contributed by atoms with Crippen LogP contribution >= 0.6 is 0 Å². The monoisotopic (exact) mass is 168 g/mol. The van der Waals surface area contributed by atoms with Gasteiger partial charge in [-0.25, -0.2) is 0 Å². The molecule has 0 aromatic rings. The van der Waals surface area contributed by atoms with Crippen LogP contribution in [0, 0.1) is 0 Å². The number of hydrogen-bond donors (Lipinski definition) is 1. The normalized spacial score (nSPS) is 27.6. The van der Waals surface area contributed by atoms with Crippen LogP contribution in [0.2, 0.25) is 0 Å². The Labute approximate surface area is 75.6 Å². The van der Waals surface area contributed by atoms with Crippen LogP contribution in [0.1, 0.15) is 19.8 Å². The van der Waals surface area contributed by atoms with Gasteiger partial charge in [-0.2, -0.15) is 0 Å². The molecule has 12 heavy (non-hydrogen) atoms. The van der Waals surface area contributed by atoms with Gasteiger partial charge in [0.05, 0.1) is 0 Å². The van der Waals surface area contributed by atoms with Crippen LogP contribution in [-0.4, -0.2) is 37.1 Å². The summed E-state index contributed by atoms with van der Waals surface area (Å²) in [5.41, 5.74) is 0. The van der Waals surface area contributed by atoms with E-state index in [1.165, 1.54) is 25.9 Å². The van der Waals surface area contributed by atoms with Crippen molar-refractivity contribution >= 4 is 0 Å². The number of hydrogen-bond acceptors (Lipinski definition) is 2. The molecule has 1 fully saturated rings. The van der Waals surface area contributed by atoms with E-state index in [0.717, 1.165) is 13.1 Å². The Bertz CT molecular complexity index is 134. The van der Waals surface area contributed by atoms with Crippen LogP contribution in [-0.2, 0) is 0 Å². The van der Waals surface area contributed by atoms with Crippen LogP contribution < -0.4 is 5.32 Å². The Kier molecular flexibility index (Phi) is 4.33. The molecule has 0 saturated carbocycles. The maximum Gasteiger partial charge on any atom is 0.0166 e. The highest BCUT2D eigenvalue weighted by Crippen LogP contribution is 2.01. The minimum absolute atomic E-state index is 0.630. The highest BCUT2D eigenvalue weighted by atomic mass is 15.1. The molecular formula is C10H20N2. The van der Waals surface area contributed by atoms with Crippen molar-refractivity contribution in [1.82, 2.24) is 10.2 Å². The van der Waals surface area contributed by atoms with Gasteiger partial charge in [0, 0.05) is 19.1 Å². The van der Waals surface area contributed by atoms with E-state index in [0.29, 0.717) is 6.04 Å². The third-order valence-corrected chi connectivity index (χ3v) is 2.31. The van der Waals surface area contributed by atoms with Crippen LogP contribution in [0.3, 0.4) is 0 Å². The second kappa shape index (κ2) is 5.33. The Balaban J connectivity index is 2.32. The first kappa shape index (κ1) is 9.75. The molecular weight excluding hydrogens is 148 g/mol. The molecule has 2 nitrogen and oxygen atoms in total. The van der Waals surface area contributed by atoms with Crippen LogP contribution in [0.4, 0.5) is 0 Å². The van der Waals surface area contributed by atoms with Crippen molar-refractivity contribution in [1.29, 1.82) is 0 Å². The van der Waals surface area contributed by atoms with Gasteiger partial charge in [0.15, 0.2) is 0 Å². The molecule has 0 bridgehead atoms. The van der Waals surface area contributed by atoms with Gasteiger partial charge in [-0.1, -0.05) is 6.08 Å². The Morgan fingerprint density at radius 1 is 1.58 bits per heavy atom. The van der Waals surface area contributed by atoms with Crippen LogP contribution in [0.15, 0.2) is 12.7 Å². The van der Waals surface area contributed by atoms with E-state index in [2.05, 4.69) is 23.7 Å². The summed E-state index contributed by atoms with van der Waals surface area (Å²) in [6.45, 7) is 10.6. The Morgan fingerprint density at radius 2 is 2.42 bits per heavy atom. The van der Waals surface area contributed by atoms with E-state index in [4.69, 9.17) is 0 Å². The fourth-order valence-electron chi connectivity index (χ4n) is 1.70. The van der Waals surface area contributed by atoms with Gasteiger partial charge in [-0.15, -0.1) is 6.58 Å². The minimum Gasteiger partial charge on any atom is -0.313 e. The second-order valence-corrected chi connectivity index (χ2v) is 3.61. The average molecular weight is 168 g/mol. The van der Waals surface area contributed by atoms with Crippen molar-refractivity contribution in [3.8, 4) is 0 Å². The molecule has 0 aromatic carbocycles. The first-order chi connectivity index (χ1) is 5.83. The lowest BCUT2D eigenvalue weighted by Crippen LogP contribution is -2.42. The van der Waals surface area contributed by atoms with Crippen molar-refractivity contribution < 1.29 is 0 Å². The zero-order chi connectivity index (χ0) is 8.81. The van der Waals surface area contributed by atoms with Gasteiger partial charge >= 0.3 is 0 Å². The maximum atomic E-state index is 3.77. The number of nitrogens with one attached hydrogen (secondary N) is 1. The highest BCUT2D eigenvalue weighted by molar-refractivity contribution is 4.78. The first-order valence-electron chi connectivity index (χ1n) is 4.89. The summed E-state index contributed by atoms with van der Waals surface area (Å²) in [4.78, 5) is 2.46. The third-order valence-electron chi connectivity index (χ3n) is 2.31. The molecule has 70 valence electrons. The summed E-state index contributed by atoms with van der Waals surface area (Å²) in [6.07, 6.45) is 4.61. The lowest BCUT2D eigenvalue weighted by atomic mass is 10.2. The van der Waals surface area contributed by atoms with E-state index >= 15 is 0 Å². The molecule has 1 heterocycles. The van der Waals surface area contributed by atoms with E-state index in [1.54, 1.807) is 0 Å². The molecule has 1 aliphatic rings. The van der Waals surface area contributed by atoms with Crippen molar-refractivity contribution in [3.05, 3.63) is 12.7 Å². The summed E-state index contributed by atoms with van der Waals surface area (Å²) >= 11 is 0. The molecule has 0 spiro atoms. The summed E-state index contributed by atoms with van der Waals surface area (Å²) in [5.74, 6) is 0. The summed E-state index contributed by atoms with van der Waals surface area (Å²) in [6, 6.07) is 0.630. The number of nitrogens with zero attached hydrogens (tertiary/aromatic N) is 1. The molecule has 1 atom stereocenters. The molecule has 0 radical (unpaired) electrons. The predicted octanol–water partition coefficient (Wildman–Crippen LogP) is 1.25. The number of rotatable bonds is 2. The zero-order valence-electron chi connectivity index (χ0n) is 8.05. The molecule has 0 amide bonds. The van der Waals surface area contributed by atoms with E-state index < -0.39 is 0 Å². The molecule has 2 heteroatoms. The fraction of sp³-hybridized carbons (Fsp3) is 0.800. The first-order valence-corrected chi connectivity index (χ1v) is 4.89. The van der Waals surface area contributed by atoms with Gasteiger partial charge in [0.1, 0.15) is 0 Å². The summed E-state index contributed by atoms with van der Waals surface area (Å²) in [7, 11) is 0. The van der Waals surface area contributed by atoms with Gasteiger partial charge in [0.2, 0.25) is 0 Å². The lowest BCUT2D eigenvalue weighted by molar-refractivity contribution is 0.248. The largest absolute Gasteiger partial charge is 0.313 e. The smallest absolute Gasteiger partial charge is 0.0166 e. The molecule has 1 saturated heterocycles. The minimum atomic E-state index is 0.630. The van der Waals surface area contributed by atoms with Crippen molar-refractivity contribution in [2.24, 2.45) is 0 Å². The summed E-state index contributed by atoms with van der Waals surface area (Å²) < 4.78 is 0. The standard InChI is InChI=1S/C10H20N2/c1-3-7-12-8-5-4-6-11-10(2)9-12/h3,10-11H,1,4-9H2,2H3. The predicted molar refractivity (Wildman–Crippen MR) is 53.3 cm³/mol. The van der Waals surface area contributed by atoms with Crippen molar-refractivity contribution in [2.75, 3.05) is 26.2 Å². The lowest BCUT2D eigenvalue weighted by Gasteiger charge is -2.27. The van der Waals surface area contributed by atoms with E-state index in [9.17, 15) is 0 Å². The SMILES string of the molecule is C=CCN1CCCCNC(C)C1. The zero-order valence-corrected chi connectivity index (χ0v) is 8.05. The van der Waals surface area contributed by atoms with Gasteiger partial charge in [-0.3, -0.25) is 4.90 Å². The Morgan fingerprint density at radius 3 is 3.17 bits per heavy atom. The molecule has 0 aromatic heterocycles. The third kappa shape index (κ3) is 3.37. The molecule has 1 unspecified atom stereocenters. The molecule has 0 aliphatic carbocycles.